The van der Waals surface area contributed by atoms with E-state index >= 15 is 0 Å². The molecule has 5 heterocycles. The Labute approximate surface area is 480 Å². The highest BCUT2D eigenvalue weighted by atomic mass is 32.3. The maximum Gasteiger partial charge on any atom is 0.397 e. The van der Waals surface area contributed by atoms with Gasteiger partial charge in [-0.05, 0) is 0 Å². The fraction of sp³-hybridized carbons (Fsp3) is 0.933. The number of hydrogen-bond donors (Lipinski definition) is 20. The van der Waals surface area contributed by atoms with E-state index in [1.807, 2.05) is 0 Å². The Hall–Kier alpha value is -2.65. The van der Waals surface area contributed by atoms with Gasteiger partial charge in [0.15, 0.2) is 49.8 Å². The van der Waals surface area contributed by atoms with Gasteiger partial charge in [-0.3, -0.25) is 31.9 Å². The van der Waals surface area contributed by atoms with Crippen molar-refractivity contribution in [2.24, 2.45) is 0 Å². The Balaban J connectivity index is 1.58. The van der Waals surface area contributed by atoms with Crippen LogP contribution in [0.2, 0.25) is 0 Å². The molecule has 49 nitrogen and oxygen atoms in total. The van der Waals surface area contributed by atoms with Crippen LogP contribution < -0.4 is 14.2 Å². The highest BCUT2D eigenvalue weighted by Gasteiger charge is 2.61. The summed E-state index contributed by atoms with van der Waals surface area (Å²) in [5, 5.41) is 107. The summed E-state index contributed by atoms with van der Waals surface area (Å²) in [6.07, 6.45) is -62.5. The maximum atomic E-state index is 12.9. The Bertz CT molecular complexity index is 3190. The van der Waals surface area contributed by atoms with Crippen molar-refractivity contribution in [3.63, 3.8) is 0 Å². The Morgan fingerprint density at radius 3 is 1.24 bits per heavy atom. The first-order valence-electron chi connectivity index (χ1n) is 22.5. The molecule has 5 saturated heterocycles. The average Bonchev–Trinajstić information content (AvgIpc) is 0.822. The number of nitrogens with one attached hydrogen (secondary N) is 3. The van der Waals surface area contributed by atoms with Crippen LogP contribution in [0.3, 0.4) is 0 Å². The van der Waals surface area contributed by atoms with Gasteiger partial charge in [0, 0.05) is 0 Å². The van der Waals surface area contributed by atoms with Crippen molar-refractivity contribution in [2.75, 3.05) is 19.8 Å². The number of carbonyl (C=O) groups is 2. The molecule has 56 heteroatoms. The van der Waals surface area contributed by atoms with Crippen molar-refractivity contribution in [2.45, 2.75) is 153 Å². The molecule has 5 fully saturated rings. The summed E-state index contributed by atoms with van der Waals surface area (Å²) >= 11 is 0. The van der Waals surface area contributed by atoms with Gasteiger partial charge in [0.1, 0.15) is 104 Å². The number of aliphatic hydroxyl groups is 8. The van der Waals surface area contributed by atoms with Gasteiger partial charge in [-0.15, -0.1) is 0 Å². The van der Waals surface area contributed by atoms with E-state index in [0.29, 0.717) is 0 Å². The number of ether oxygens (including phenoxy) is 9. The number of carboxylic acid groups (broad SMARTS) is 2. The molecule has 504 valence electrons. The van der Waals surface area contributed by atoms with Crippen molar-refractivity contribution < 1.29 is 211 Å². The molecule has 25 atom stereocenters. The van der Waals surface area contributed by atoms with Gasteiger partial charge in [0.2, 0.25) is 0 Å². The predicted molar refractivity (Wildman–Crippen MR) is 247 cm³/mol. The predicted octanol–water partition coefficient (Wildman–Crippen LogP) is -14.2. The third-order valence-electron chi connectivity index (χ3n) is 12.0. The molecule has 5 aliphatic heterocycles. The van der Waals surface area contributed by atoms with Crippen LogP contribution in [-0.2, 0) is 141 Å². The zero-order chi connectivity index (χ0) is 65.5. The highest BCUT2D eigenvalue weighted by molar-refractivity contribution is 7.84. The molecular formula is C30H51N3O46S7. The molecule has 20 N–H and O–H groups in total. The quantitative estimate of drug-likeness (QED) is 0.0340. The van der Waals surface area contributed by atoms with E-state index < -0.39 is 258 Å². The standard InChI is InChI=1S/C30H51N3O46S7/c34-1-4-16(12(37)7(26(45)69-4)31-80(46,47)48)72-30-21(79-86(64,65)66)15(40)20(23(77-30)25(43)44)75-28-9(33-82(52,53)54)18(78-85(61,62)63)17(6(71-28)3-68-84(58,59)60)73-29-14(39)13(38)19(22(76-29)24(41)42)74-27-8(32-81(49,50)51)11(36)10(35)5(70-27)2-67-83(55,56)57/h4-23,26-40,45H,1-3H2,(H,41,42)(H,43,44)(H,46,47,48)(H,49,50,51)(H,52,53,54)(H,55,56,57)(H,58,59,60)(H,61,62,63)(H,64,65,66)/t4-,5-,6-,7-,8-,9-,10-,11-,12-,13-,14-,15+,16-,17-,18-,19+,20+,21-,22+,23-,26+,27-,28-,29-,30-/m1/s1. The molecule has 0 aromatic carbocycles. The van der Waals surface area contributed by atoms with E-state index in [1.54, 1.807) is 0 Å². The smallest absolute Gasteiger partial charge is 0.397 e. The molecule has 0 aromatic rings. The van der Waals surface area contributed by atoms with Gasteiger partial charge in [0.05, 0.1) is 19.8 Å². The second kappa shape index (κ2) is 28.1. The van der Waals surface area contributed by atoms with Crippen LogP contribution in [0.15, 0.2) is 0 Å². The maximum absolute atomic E-state index is 12.9. The number of rotatable bonds is 27. The van der Waals surface area contributed by atoms with E-state index in [0.717, 1.165) is 4.72 Å². The second-order valence-corrected chi connectivity index (χ2v) is 25.8. The largest absolute Gasteiger partial charge is 0.479 e. The molecule has 0 unspecified atom stereocenters. The molecule has 0 radical (unpaired) electrons. The van der Waals surface area contributed by atoms with Gasteiger partial charge < -0.3 is 93.7 Å². The van der Waals surface area contributed by atoms with Gasteiger partial charge in [-0.1, -0.05) is 0 Å². The fourth-order valence-electron chi connectivity index (χ4n) is 8.66. The monoisotopic (exact) mass is 1410 g/mol. The first-order chi connectivity index (χ1) is 39.0. The van der Waals surface area contributed by atoms with Crippen LogP contribution in [0.1, 0.15) is 0 Å². The topological polar surface area (TPSA) is 773 Å². The van der Waals surface area contributed by atoms with Crippen LogP contribution in [0, 0.1) is 0 Å². The van der Waals surface area contributed by atoms with Crippen molar-refractivity contribution in [1.29, 1.82) is 0 Å². The summed E-state index contributed by atoms with van der Waals surface area (Å²) < 4.78 is 303. The Morgan fingerprint density at radius 1 is 0.372 bits per heavy atom. The van der Waals surface area contributed by atoms with Crippen LogP contribution in [0.4, 0.5) is 0 Å². The Morgan fingerprint density at radius 2 is 0.779 bits per heavy atom. The van der Waals surface area contributed by atoms with E-state index in [-0.39, 0.29) is 0 Å². The number of aliphatic carboxylic acids is 2. The number of hydrogen-bond acceptors (Lipinski definition) is 37. The number of aliphatic hydroxyl groups excluding tert-OH is 8. The minimum atomic E-state index is -6.31. The van der Waals surface area contributed by atoms with E-state index in [1.165, 1.54) is 9.44 Å². The first kappa shape index (κ1) is 74.1. The molecule has 0 bridgehead atoms. The third kappa shape index (κ3) is 20.4. The lowest BCUT2D eigenvalue weighted by atomic mass is 9.94. The lowest BCUT2D eigenvalue weighted by Crippen LogP contribution is -2.71. The minimum Gasteiger partial charge on any atom is -0.479 e. The molecular weight excluding hydrogens is 1360 g/mol. The molecule has 0 spiro atoms. The number of carboxylic acids is 2. The molecule has 0 saturated carbocycles. The summed E-state index contributed by atoms with van der Waals surface area (Å²) in [6.45, 7) is -4.82. The lowest BCUT2D eigenvalue weighted by molar-refractivity contribution is -0.372. The van der Waals surface area contributed by atoms with Crippen molar-refractivity contribution in [3.05, 3.63) is 0 Å². The zero-order valence-electron chi connectivity index (χ0n) is 41.4. The molecule has 86 heavy (non-hydrogen) atoms. The average molecular weight is 1410 g/mol. The molecule has 0 aromatic heterocycles. The summed E-state index contributed by atoms with van der Waals surface area (Å²) in [6, 6.07) is -8.17. The summed E-state index contributed by atoms with van der Waals surface area (Å²) in [4.78, 5) is 25.6. The van der Waals surface area contributed by atoms with E-state index in [2.05, 4.69) is 16.7 Å². The van der Waals surface area contributed by atoms with Crippen LogP contribution in [-0.4, -0.2) is 327 Å². The fourth-order valence-corrected chi connectivity index (χ4v) is 12.0. The van der Waals surface area contributed by atoms with Gasteiger partial charge in [-0.25, -0.2) is 26.3 Å². The van der Waals surface area contributed by atoms with Gasteiger partial charge >= 0.3 is 84.4 Å². The molecule has 5 rings (SSSR count). The summed E-state index contributed by atoms with van der Waals surface area (Å²) in [7, 11) is -40.7. The van der Waals surface area contributed by atoms with Crippen LogP contribution >= 0.6 is 0 Å². The van der Waals surface area contributed by atoms with E-state index in [4.69, 9.17) is 47.2 Å². The highest BCUT2D eigenvalue weighted by Crippen LogP contribution is 2.38. The van der Waals surface area contributed by atoms with Crippen LogP contribution in [0.25, 0.3) is 0 Å². The van der Waals surface area contributed by atoms with Crippen molar-refractivity contribution in [3.8, 4) is 0 Å². The van der Waals surface area contributed by atoms with Crippen LogP contribution in [0.5, 0.6) is 0 Å². The summed E-state index contributed by atoms with van der Waals surface area (Å²) in [5.74, 6) is -4.83. The zero-order valence-corrected chi connectivity index (χ0v) is 47.1. The van der Waals surface area contributed by atoms with Crippen molar-refractivity contribution in [1.82, 2.24) is 14.2 Å². The molecule has 5 aliphatic rings. The second-order valence-electron chi connectivity index (χ2n) is 18.0. The minimum absolute atomic E-state index is 1.12. The summed E-state index contributed by atoms with van der Waals surface area (Å²) in [5.41, 5.74) is 0. The lowest BCUT2D eigenvalue weighted by Gasteiger charge is -2.50. The molecule has 0 aliphatic carbocycles. The first-order valence-corrected chi connectivity index (χ1v) is 32.3. The third-order valence-corrected chi connectivity index (χ3v) is 15.5. The normalized spacial score (nSPS) is 40.0. The SMILES string of the molecule is O=C(O)[C@H]1O[C@@H](O[C@H]2[C@H](OS(=O)(=O)O)[C@@H](NS(=O)(=O)O)[C@@H](O[C@H]3[C@H](O)[C@@H](OS(=O)(=O)O)[C@H](O[C@H]4[C@H](O)[C@@H](NS(=O)(=O)O)[C@@H](O)O[C@@H]4CO)O[C@H]3C(=O)O)O[C@@H]2COS(=O)(=O)O)[C@H](O)[C@@H](O)[C@@H]1O[C@H]1O[C@H](COS(=O)(=O)O)[C@@H](O)[C@H](O)[C@H]1NS(=O)(=O)O. The van der Waals surface area contributed by atoms with Gasteiger partial charge in [-0.2, -0.15) is 73.1 Å². The van der Waals surface area contributed by atoms with Crippen molar-refractivity contribution >= 4 is 84.4 Å². The van der Waals surface area contributed by atoms with E-state index in [9.17, 15) is 147 Å². The molecule has 0 amide bonds. The Kier molecular flexibility index (Phi) is 24.2. The van der Waals surface area contributed by atoms with Gasteiger partial charge in [0.25, 0.3) is 0 Å².